The second kappa shape index (κ2) is 5.35. The van der Waals surface area contributed by atoms with Crippen molar-refractivity contribution in [3.05, 3.63) is 42.0 Å². The summed E-state index contributed by atoms with van der Waals surface area (Å²) in [7, 11) is 0. The van der Waals surface area contributed by atoms with E-state index in [1.165, 1.54) is 4.90 Å². The van der Waals surface area contributed by atoms with Crippen molar-refractivity contribution in [3.63, 3.8) is 0 Å². The Morgan fingerprint density at radius 3 is 2.68 bits per heavy atom. The summed E-state index contributed by atoms with van der Waals surface area (Å²) >= 11 is 1.69. The number of benzene rings is 1. The largest absolute Gasteiger partial charge is 0.338 e. The van der Waals surface area contributed by atoms with E-state index in [9.17, 15) is 0 Å². The van der Waals surface area contributed by atoms with Crippen molar-refractivity contribution in [3.8, 4) is 0 Å². The Hall–Kier alpha value is -1.33. The van der Waals surface area contributed by atoms with Crippen LogP contribution in [0.3, 0.4) is 0 Å². The molecular formula is C14H17N3OS. The third-order valence-electron chi connectivity index (χ3n) is 3.51. The first kappa shape index (κ1) is 12.7. The van der Waals surface area contributed by atoms with E-state index in [4.69, 9.17) is 10.3 Å². The fraction of sp³-hybridized carbons (Fsp3) is 0.429. The average Bonchev–Trinajstić information content (AvgIpc) is 3.07. The van der Waals surface area contributed by atoms with Crippen LogP contribution in [0.25, 0.3) is 0 Å². The van der Waals surface area contributed by atoms with Crippen molar-refractivity contribution >= 4 is 11.8 Å². The van der Waals surface area contributed by atoms with Crippen LogP contribution in [0.4, 0.5) is 0 Å². The minimum atomic E-state index is -0.362. The van der Waals surface area contributed by atoms with E-state index in [1.54, 1.807) is 11.8 Å². The monoisotopic (exact) mass is 275 g/mol. The smallest absolute Gasteiger partial charge is 0.237 e. The van der Waals surface area contributed by atoms with E-state index in [1.807, 2.05) is 18.2 Å². The summed E-state index contributed by atoms with van der Waals surface area (Å²) in [4.78, 5) is 5.66. The SMILES string of the molecule is NC1(c2noc(CSc3ccccc3)n2)CCCC1. The Morgan fingerprint density at radius 1 is 1.21 bits per heavy atom. The van der Waals surface area contributed by atoms with Crippen LogP contribution in [0.15, 0.2) is 39.8 Å². The maximum absolute atomic E-state index is 6.31. The first-order chi connectivity index (χ1) is 9.26. The van der Waals surface area contributed by atoms with Gasteiger partial charge < -0.3 is 10.3 Å². The molecule has 1 aliphatic rings. The van der Waals surface area contributed by atoms with E-state index < -0.39 is 0 Å². The van der Waals surface area contributed by atoms with Gasteiger partial charge in [0.25, 0.3) is 0 Å². The van der Waals surface area contributed by atoms with Crippen molar-refractivity contribution < 1.29 is 4.52 Å². The predicted molar refractivity (Wildman–Crippen MR) is 74.6 cm³/mol. The molecular weight excluding hydrogens is 258 g/mol. The lowest BCUT2D eigenvalue weighted by Gasteiger charge is -2.17. The minimum Gasteiger partial charge on any atom is -0.338 e. The van der Waals surface area contributed by atoms with Crippen molar-refractivity contribution in [1.29, 1.82) is 0 Å². The first-order valence-electron chi connectivity index (χ1n) is 6.56. The molecule has 5 heteroatoms. The summed E-state index contributed by atoms with van der Waals surface area (Å²) in [6.45, 7) is 0. The second-order valence-corrected chi connectivity index (χ2v) is 6.03. The second-order valence-electron chi connectivity index (χ2n) is 4.98. The van der Waals surface area contributed by atoms with Crippen LogP contribution in [-0.4, -0.2) is 10.1 Å². The summed E-state index contributed by atoms with van der Waals surface area (Å²) in [5.74, 6) is 2.02. The number of aromatic nitrogens is 2. The number of hydrogen-bond donors (Lipinski definition) is 1. The average molecular weight is 275 g/mol. The van der Waals surface area contributed by atoms with Gasteiger partial charge in [-0.15, -0.1) is 11.8 Å². The molecule has 0 radical (unpaired) electrons. The summed E-state index contributed by atoms with van der Waals surface area (Å²) in [6, 6.07) is 10.2. The van der Waals surface area contributed by atoms with Gasteiger partial charge in [-0.05, 0) is 25.0 Å². The van der Waals surface area contributed by atoms with Gasteiger partial charge in [0.15, 0.2) is 5.82 Å². The number of nitrogens with zero attached hydrogens (tertiary/aromatic N) is 2. The first-order valence-corrected chi connectivity index (χ1v) is 7.55. The lowest BCUT2D eigenvalue weighted by atomic mass is 9.99. The maximum Gasteiger partial charge on any atom is 0.237 e. The highest BCUT2D eigenvalue weighted by Gasteiger charge is 2.35. The maximum atomic E-state index is 6.31. The molecule has 1 aromatic carbocycles. The van der Waals surface area contributed by atoms with Crippen LogP contribution in [0.5, 0.6) is 0 Å². The third kappa shape index (κ3) is 2.82. The Labute approximate surface area is 116 Å². The molecule has 0 aliphatic heterocycles. The molecule has 0 spiro atoms. The zero-order valence-electron chi connectivity index (χ0n) is 10.7. The summed E-state index contributed by atoms with van der Waals surface area (Å²) < 4.78 is 5.30. The van der Waals surface area contributed by atoms with Crippen LogP contribution >= 0.6 is 11.8 Å². The Kier molecular flexibility index (Phi) is 3.57. The number of hydrogen-bond acceptors (Lipinski definition) is 5. The van der Waals surface area contributed by atoms with Gasteiger partial charge in [-0.2, -0.15) is 4.98 Å². The Bertz CT molecular complexity index is 535. The number of thioether (sulfide) groups is 1. The lowest BCUT2D eigenvalue weighted by Crippen LogP contribution is -2.34. The minimum absolute atomic E-state index is 0.362. The summed E-state index contributed by atoms with van der Waals surface area (Å²) in [5.41, 5.74) is 5.95. The highest BCUT2D eigenvalue weighted by Crippen LogP contribution is 2.34. The number of nitrogens with two attached hydrogens (primary N) is 1. The molecule has 0 unspecified atom stereocenters. The summed E-state index contributed by atoms with van der Waals surface area (Å²) in [5, 5.41) is 4.06. The lowest BCUT2D eigenvalue weighted by molar-refractivity contribution is 0.355. The third-order valence-corrected chi connectivity index (χ3v) is 4.51. The van der Waals surface area contributed by atoms with E-state index in [-0.39, 0.29) is 5.54 Å². The van der Waals surface area contributed by atoms with Gasteiger partial charge in [0.1, 0.15) is 0 Å². The zero-order valence-corrected chi connectivity index (χ0v) is 11.5. The molecule has 19 heavy (non-hydrogen) atoms. The molecule has 2 N–H and O–H groups in total. The summed E-state index contributed by atoms with van der Waals surface area (Å²) in [6.07, 6.45) is 4.22. The Morgan fingerprint density at radius 2 is 1.95 bits per heavy atom. The molecule has 0 atom stereocenters. The van der Waals surface area contributed by atoms with Crippen LogP contribution < -0.4 is 5.73 Å². The molecule has 100 valence electrons. The van der Waals surface area contributed by atoms with Gasteiger partial charge in [-0.1, -0.05) is 36.2 Å². The molecule has 2 aromatic rings. The Balaban J connectivity index is 1.65. The predicted octanol–water partition coefficient (Wildman–Crippen LogP) is 3.09. The quantitative estimate of drug-likeness (QED) is 0.869. The standard InChI is InChI=1S/C14H17N3OS/c15-14(8-4-5-9-14)13-16-12(18-17-13)10-19-11-6-2-1-3-7-11/h1-3,6-7H,4-5,8-10,15H2. The molecule has 0 bridgehead atoms. The van der Waals surface area contributed by atoms with Crippen LogP contribution in [0.1, 0.15) is 37.4 Å². The molecule has 1 aliphatic carbocycles. The van der Waals surface area contributed by atoms with E-state index in [2.05, 4.69) is 22.3 Å². The van der Waals surface area contributed by atoms with Crippen molar-refractivity contribution in [2.45, 2.75) is 41.9 Å². The van der Waals surface area contributed by atoms with Gasteiger partial charge in [0.05, 0.1) is 11.3 Å². The van der Waals surface area contributed by atoms with Gasteiger partial charge in [0.2, 0.25) is 5.89 Å². The van der Waals surface area contributed by atoms with E-state index >= 15 is 0 Å². The molecule has 0 saturated heterocycles. The molecule has 1 heterocycles. The molecule has 3 rings (SSSR count). The normalized spacial score (nSPS) is 17.7. The molecule has 1 fully saturated rings. The zero-order chi connectivity index (χ0) is 13.1. The van der Waals surface area contributed by atoms with Gasteiger partial charge in [-0.25, -0.2) is 0 Å². The van der Waals surface area contributed by atoms with Crippen molar-refractivity contribution in [1.82, 2.24) is 10.1 Å². The van der Waals surface area contributed by atoms with Gasteiger partial charge >= 0.3 is 0 Å². The molecule has 1 aromatic heterocycles. The van der Waals surface area contributed by atoms with Gasteiger partial charge in [0, 0.05) is 4.90 Å². The fourth-order valence-electron chi connectivity index (χ4n) is 2.41. The highest BCUT2D eigenvalue weighted by molar-refractivity contribution is 7.98. The highest BCUT2D eigenvalue weighted by atomic mass is 32.2. The molecule has 1 saturated carbocycles. The topological polar surface area (TPSA) is 64.9 Å². The fourth-order valence-corrected chi connectivity index (χ4v) is 3.16. The van der Waals surface area contributed by atoms with Gasteiger partial charge in [-0.3, -0.25) is 0 Å². The van der Waals surface area contributed by atoms with Crippen LogP contribution in [-0.2, 0) is 11.3 Å². The van der Waals surface area contributed by atoms with Crippen LogP contribution in [0.2, 0.25) is 0 Å². The molecule has 0 amide bonds. The number of rotatable bonds is 4. The van der Waals surface area contributed by atoms with Crippen molar-refractivity contribution in [2.24, 2.45) is 5.73 Å². The van der Waals surface area contributed by atoms with Crippen molar-refractivity contribution in [2.75, 3.05) is 0 Å². The van der Waals surface area contributed by atoms with E-state index in [0.29, 0.717) is 17.5 Å². The molecule has 4 nitrogen and oxygen atoms in total. The van der Waals surface area contributed by atoms with Crippen LogP contribution in [0, 0.1) is 0 Å². The van der Waals surface area contributed by atoms with E-state index in [0.717, 1.165) is 25.7 Å².